The molecular weight excluding hydrogens is 362 g/mol. The molecule has 0 heterocycles. The number of alkyl carbamates (subject to hydrolysis) is 1. The van der Waals surface area contributed by atoms with E-state index < -0.39 is 35.3 Å². The van der Waals surface area contributed by atoms with Gasteiger partial charge in [0.1, 0.15) is 17.2 Å². The van der Waals surface area contributed by atoms with Crippen molar-refractivity contribution in [2.45, 2.75) is 97.9 Å². The lowest BCUT2D eigenvalue weighted by molar-refractivity contribution is -0.159. The fourth-order valence-electron chi connectivity index (χ4n) is 2.17. The molecule has 2 amide bonds. The molecule has 0 unspecified atom stereocenters. The maximum atomic E-state index is 12.4. The molecule has 0 rings (SSSR count). The van der Waals surface area contributed by atoms with E-state index in [4.69, 9.17) is 15.2 Å². The van der Waals surface area contributed by atoms with E-state index in [1.165, 1.54) is 0 Å². The summed E-state index contributed by atoms with van der Waals surface area (Å²) in [5, 5.41) is 5.37. The highest BCUT2D eigenvalue weighted by molar-refractivity contribution is 5.87. The summed E-state index contributed by atoms with van der Waals surface area (Å²) in [6.07, 6.45) is 1.15. The van der Waals surface area contributed by atoms with Crippen molar-refractivity contribution in [3.8, 4) is 0 Å². The van der Waals surface area contributed by atoms with E-state index in [9.17, 15) is 14.4 Å². The molecule has 8 nitrogen and oxygen atoms in total. The van der Waals surface area contributed by atoms with E-state index in [1.807, 2.05) is 13.8 Å². The summed E-state index contributed by atoms with van der Waals surface area (Å²) >= 11 is 0. The molecule has 8 heteroatoms. The molecule has 0 fully saturated rings. The summed E-state index contributed by atoms with van der Waals surface area (Å²) < 4.78 is 10.6. The Morgan fingerprint density at radius 2 is 1.46 bits per heavy atom. The van der Waals surface area contributed by atoms with Crippen LogP contribution >= 0.6 is 0 Å². The monoisotopic (exact) mass is 401 g/mol. The molecule has 0 aromatic rings. The lowest BCUT2D eigenvalue weighted by Gasteiger charge is -2.26. The van der Waals surface area contributed by atoms with Gasteiger partial charge < -0.3 is 25.8 Å². The van der Waals surface area contributed by atoms with E-state index in [0.717, 1.165) is 0 Å². The number of hydrogen-bond acceptors (Lipinski definition) is 6. The first-order valence-electron chi connectivity index (χ1n) is 9.88. The minimum Gasteiger partial charge on any atom is -0.458 e. The first-order valence-corrected chi connectivity index (χ1v) is 9.88. The molecule has 0 bridgehead atoms. The van der Waals surface area contributed by atoms with Gasteiger partial charge in [0.15, 0.2) is 0 Å². The highest BCUT2D eigenvalue weighted by atomic mass is 16.6. The highest BCUT2D eigenvalue weighted by Gasteiger charge is 2.28. The molecule has 0 saturated heterocycles. The van der Waals surface area contributed by atoms with Gasteiger partial charge in [0.05, 0.1) is 6.04 Å². The van der Waals surface area contributed by atoms with Gasteiger partial charge in [-0.25, -0.2) is 9.59 Å². The molecule has 2 atom stereocenters. The smallest absolute Gasteiger partial charge is 0.407 e. The highest BCUT2D eigenvalue weighted by Crippen LogP contribution is 2.12. The number of rotatable bonds is 9. The number of carbonyl (C=O) groups excluding carboxylic acids is 3. The lowest BCUT2D eigenvalue weighted by Crippen LogP contribution is -2.51. The van der Waals surface area contributed by atoms with Gasteiger partial charge in [0.2, 0.25) is 5.91 Å². The largest absolute Gasteiger partial charge is 0.458 e. The zero-order chi connectivity index (χ0) is 22.1. The summed E-state index contributed by atoms with van der Waals surface area (Å²) in [7, 11) is 0. The predicted molar refractivity (Wildman–Crippen MR) is 109 cm³/mol. The molecule has 0 aliphatic carbocycles. The van der Waals surface area contributed by atoms with Gasteiger partial charge in [-0.15, -0.1) is 0 Å². The summed E-state index contributed by atoms with van der Waals surface area (Å²) in [6.45, 7) is 14.8. The summed E-state index contributed by atoms with van der Waals surface area (Å²) in [4.78, 5) is 36.3. The Labute approximate surface area is 169 Å². The van der Waals surface area contributed by atoms with Crippen molar-refractivity contribution in [2.75, 3.05) is 6.54 Å². The Kier molecular flexibility index (Phi) is 10.5. The zero-order valence-corrected chi connectivity index (χ0v) is 18.7. The molecule has 164 valence electrons. The average molecular weight is 402 g/mol. The zero-order valence-electron chi connectivity index (χ0n) is 18.7. The van der Waals surface area contributed by atoms with Gasteiger partial charge in [-0.3, -0.25) is 4.79 Å². The second-order valence-electron chi connectivity index (χ2n) is 9.29. The summed E-state index contributed by atoms with van der Waals surface area (Å²) in [5.74, 6) is -0.910. The van der Waals surface area contributed by atoms with Gasteiger partial charge in [-0.1, -0.05) is 13.8 Å². The summed E-state index contributed by atoms with van der Waals surface area (Å²) in [6, 6.07) is -1.48. The maximum absolute atomic E-state index is 12.4. The molecule has 0 aliphatic heterocycles. The second kappa shape index (κ2) is 11.2. The van der Waals surface area contributed by atoms with Crippen molar-refractivity contribution in [2.24, 2.45) is 11.7 Å². The molecule has 0 spiro atoms. The van der Waals surface area contributed by atoms with Crippen LogP contribution in [0.4, 0.5) is 4.79 Å². The third-order valence-electron chi connectivity index (χ3n) is 3.62. The van der Waals surface area contributed by atoms with E-state index in [-0.39, 0.29) is 11.8 Å². The van der Waals surface area contributed by atoms with Crippen LogP contribution in [0, 0.1) is 5.92 Å². The van der Waals surface area contributed by atoms with Crippen LogP contribution in [0.5, 0.6) is 0 Å². The third kappa shape index (κ3) is 12.5. The fourth-order valence-corrected chi connectivity index (χ4v) is 2.17. The van der Waals surface area contributed by atoms with Gasteiger partial charge in [0.25, 0.3) is 0 Å². The van der Waals surface area contributed by atoms with Crippen LogP contribution in [0.3, 0.4) is 0 Å². The Morgan fingerprint density at radius 3 is 1.93 bits per heavy atom. The maximum Gasteiger partial charge on any atom is 0.407 e. The minimum atomic E-state index is -0.780. The van der Waals surface area contributed by atoms with E-state index in [0.29, 0.717) is 25.8 Å². The van der Waals surface area contributed by atoms with Crippen molar-refractivity contribution < 1.29 is 23.9 Å². The van der Waals surface area contributed by atoms with Gasteiger partial charge in [0, 0.05) is 6.54 Å². The van der Waals surface area contributed by atoms with Crippen molar-refractivity contribution in [3.05, 3.63) is 0 Å². The van der Waals surface area contributed by atoms with Crippen molar-refractivity contribution in [1.29, 1.82) is 0 Å². The van der Waals surface area contributed by atoms with Gasteiger partial charge in [-0.05, 0) is 66.7 Å². The quantitative estimate of drug-likeness (QED) is 0.403. The number of unbranched alkanes of at least 4 members (excludes halogenated alkanes) is 1. The number of amides is 2. The number of nitrogens with one attached hydrogen (secondary N) is 2. The van der Waals surface area contributed by atoms with E-state index in [1.54, 1.807) is 41.5 Å². The standard InChI is InChI=1S/C20H39N3O5/c1-13(2)15(21)16(24)23-14(17(25)27-19(3,4)5)11-9-10-12-22-18(26)28-20(6,7)8/h13-15H,9-12,21H2,1-8H3,(H,22,26)(H,23,24)/t14-,15-/m0/s1. The van der Waals surface area contributed by atoms with Gasteiger partial charge in [-0.2, -0.15) is 0 Å². The average Bonchev–Trinajstić information content (AvgIpc) is 2.48. The van der Waals surface area contributed by atoms with Crippen LogP contribution in [0.1, 0.15) is 74.7 Å². The molecule has 0 aromatic heterocycles. The Bertz CT molecular complexity index is 521. The van der Waals surface area contributed by atoms with E-state index in [2.05, 4.69) is 10.6 Å². The first-order chi connectivity index (χ1) is 12.6. The summed E-state index contributed by atoms with van der Waals surface area (Å²) in [5.41, 5.74) is 4.67. The van der Waals surface area contributed by atoms with Crippen LogP contribution in [-0.2, 0) is 19.1 Å². The van der Waals surface area contributed by atoms with Crippen LogP contribution in [0.2, 0.25) is 0 Å². The Morgan fingerprint density at radius 1 is 0.929 bits per heavy atom. The number of nitrogens with two attached hydrogens (primary N) is 1. The number of hydrogen-bond donors (Lipinski definition) is 3. The first kappa shape index (κ1) is 26.2. The molecule has 0 radical (unpaired) electrons. The van der Waals surface area contributed by atoms with Crippen molar-refractivity contribution in [1.82, 2.24) is 10.6 Å². The molecule has 4 N–H and O–H groups in total. The fraction of sp³-hybridized carbons (Fsp3) is 0.850. The number of ether oxygens (including phenoxy) is 2. The van der Waals surface area contributed by atoms with Crippen LogP contribution in [0.25, 0.3) is 0 Å². The molecule has 28 heavy (non-hydrogen) atoms. The normalized spacial score (nSPS) is 14.2. The van der Waals surface area contributed by atoms with Crippen LogP contribution < -0.4 is 16.4 Å². The Balaban J connectivity index is 4.63. The number of carbonyl (C=O) groups is 3. The SMILES string of the molecule is CC(C)[C@H](N)C(=O)N[C@@H](CCCCNC(=O)OC(C)(C)C)C(=O)OC(C)(C)C. The van der Waals surface area contributed by atoms with Crippen molar-refractivity contribution in [3.63, 3.8) is 0 Å². The Hall–Kier alpha value is -1.83. The molecular formula is C20H39N3O5. The molecule has 0 aromatic carbocycles. The van der Waals surface area contributed by atoms with Gasteiger partial charge >= 0.3 is 12.1 Å². The minimum absolute atomic E-state index is 0.0442. The molecule has 0 saturated carbocycles. The van der Waals surface area contributed by atoms with Crippen molar-refractivity contribution >= 4 is 18.0 Å². The topological polar surface area (TPSA) is 120 Å². The third-order valence-corrected chi connectivity index (χ3v) is 3.62. The second-order valence-corrected chi connectivity index (χ2v) is 9.29. The molecule has 0 aliphatic rings. The van der Waals surface area contributed by atoms with E-state index >= 15 is 0 Å². The van der Waals surface area contributed by atoms with Crippen LogP contribution in [0.15, 0.2) is 0 Å². The number of esters is 1. The lowest BCUT2D eigenvalue weighted by atomic mass is 10.0. The predicted octanol–water partition coefficient (Wildman–Crippen LogP) is 2.49. The van der Waals surface area contributed by atoms with Crippen LogP contribution in [-0.4, -0.2) is 47.8 Å².